The smallest absolute Gasteiger partial charge is 0.252 e. The van der Waals surface area contributed by atoms with Gasteiger partial charge in [-0.3, -0.25) is 4.79 Å². The fourth-order valence-corrected chi connectivity index (χ4v) is 3.01. The zero-order chi connectivity index (χ0) is 15.2. The molecule has 21 heavy (non-hydrogen) atoms. The van der Waals surface area contributed by atoms with E-state index >= 15 is 0 Å². The van der Waals surface area contributed by atoms with Crippen LogP contribution in [0.25, 0.3) is 0 Å². The van der Waals surface area contributed by atoms with Crippen LogP contribution in [0.5, 0.6) is 0 Å². The Morgan fingerprint density at radius 3 is 2.86 bits per heavy atom. The lowest BCUT2D eigenvalue weighted by molar-refractivity contribution is 0.0949. The van der Waals surface area contributed by atoms with Crippen molar-refractivity contribution >= 4 is 21.8 Å². The summed E-state index contributed by atoms with van der Waals surface area (Å²) in [6, 6.07) is 4.50. The number of benzene rings is 1. The van der Waals surface area contributed by atoms with Crippen molar-refractivity contribution in [2.24, 2.45) is 5.92 Å². The van der Waals surface area contributed by atoms with Gasteiger partial charge >= 0.3 is 0 Å². The third-order valence-electron chi connectivity index (χ3n) is 4.01. The summed E-state index contributed by atoms with van der Waals surface area (Å²) in [6.45, 7) is 6.24. The van der Waals surface area contributed by atoms with Crippen LogP contribution in [0, 0.1) is 11.7 Å². The number of halogens is 2. The Kier molecular flexibility index (Phi) is 6.18. The predicted molar refractivity (Wildman–Crippen MR) is 85.9 cm³/mol. The SMILES string of the molecule is CC1CCN(CCCNC(=O)c2cccc(F)c2Br)CC1. The molecule has 0 bridgehead atoms. The number of likely N-dealkylation sites (tertiary alicyclic amines) is 1. The number of piperidine rings is 1. The Balaban J connectivity index is 1.71. The fraction of sp³-hybridized carbons (Fsp3) is 0.562. The van der Waals surface area contributed by atoms with Gasteiger partial charge in [-0.1, -0.05) is 13.0 Å². The number of carbonyl (C=O) groups is 1. The standard InChI is InChI=1S/C16H22BrFN2O/c1-12-6-10-20(11-7-12)9-3-8-19-16(21)13-4-2-5-14(18)15(13)17/h2,4-5,12H,3,6-11H2,1H3,(H,19,21). The first kappa shape index (κ1) is 16.4. The second-order valence-electron chi connectivity index (χ2n) is 5.73. The quantitative estimate of drug-likeness (QED) is 0.819. The summed E-state index contributed by atoms with van der Waals surface area (Å²) < 4.78 is 13.6. The van der Waals surface area contributed by atoms with E-state index in [0.29, 0.717) is 12.1 Å². The van der Waals surface area contributed by atoms with E-state index in [1.165, 1.54) is 18.9 Å². The maximum Gasteiger partial charge on any atom is 0.252 e. The van der Waals surface area contributed by atoms with Gasteiger partial charge in [0.2, 0.25) is 0 Å². The number of hydrogen-bond acceptors (Lipinski definition) is 2. The average molecular weight is 357 g/mol. The summed E-state index contributed by atoms with van der Waals surface area (Å²) >= 11 is 3.11. The highest BCUT2D eigenvalue weighted by molar-refractivity contribution is 9.10. The molecule has 0 spiro atoms. The number of nitrogens with zero attached hydrogens (tertiary/aromatic N) is 1. The summed E-state index contributed by atoms with van der Waals surface area (Å²) in [7, 11) is 0. The first-order chi connectivity index (χ1) is 10.1. The second kappa shape index (κ2) is 7.90. The van der Waals surface area contributed by atoms with Crippen molar-refractivity contribution in [2.45, 2.75) is 26.2 Å². The van der Waals surface area contributed by atoms with E-state index in [1.54, 1.807) is 12.1 Å². The first-order valence-corrected chi connectivity index (χ1v) is 8.32. The number of hydrogen-bond donors (Lipinski definition) is 1. The van der Waals surface area contributed by atoms with Crippen LogP contribution in [0.1, 0.15) is 36.5 Å². The second-order valence-corrected chi connectivity index (χ2v) is 6.53. The van der Waals surface area contributed by atoms with Gasteiger partial charge in [-0.25, -0.2) is 4.39 Å². The minimum atomic E-state index is -0.412. The van der Waals surface area contributed by atoms with Crippen molar-refractivity contribution < 1.29 is 9.18 Å². The Labute approximate surface area is 134 Å². The highest BCUT2D eigenvalue weighted by atomic mass is 79.9. The molecule has 1 aliphatic heterocycles. The molecule has 5 heteroatoms. The van der Waals surface area contributed by atoms with Gasteiger partial charge in [0.1, 0.15) is 5.82 Å². The maximum absolute atomic E-state index is 13.4. The molecule has 0 radical (unpaired) electrons. The van der Waals surface area contributed by atoms with Crippen molar-refractivity contribution in [3.05, 3.63) is 34.1 Å². The maximum atomic E-state index is 13.4. The number of amides is 1. The van der Waals surface area contributed by atoms with Crippen LogP contribution in [-0.2, 0) is 0 Å². The molecule has 0 unspecified atom stereocenters. The van der Waals surface area contributed by atoms with E-state index in [9.17, 15) is 9.18 Å². The molecular formula is C16H22BrFN2O. The summed E-state index contributed by atoms with van der Waals surface area (Å²) in [4.78, 5) is 14.4. The number of rotatable bonds is 5. The third-order valence-corrected chi connectivity index (χ3v) is 4.82. The molecule has 116 valence electrons. The highest BCUT2D eigenvalue weighted by Gasteiger charge is 2.15. The van der Waals surface area contributed by atoms with E-state index < -0.39 is 5.82 Å². The van der Waals surface area contributed by atoms with Gasteiger partial charge in [0.05, 0.1) is 10.0 Å². The summed E-state index contributed by atoms with van der Waals surface area (Å²) in [5, 5.41) is 2.85. The van der Waals surface area contributed by atoms with E-state index in [1.807, 2.05) is 0 Å². The molecule has 1 aromatic rings. The van der Waals surface area contributed by atoms with Crippen molar-refractivity contribution in [1.29, 1.82) is 0 Å². The minimum absolute atomic E-state index is 0.228. The number of carbonyl (C=O) groups excluding carboxylic acids is 1. The van der Waals surface area contributed by atoms with Crippen LogP contribution in [0.2, 0.25) is 0 Å². The van der Waals surface area contributed by atoms with Crippen molar-refractivity contribution in [3.8, 4) is 0 Å². The van der Waals surface area contributed by atoms with Crippen LogP contribution in [-0.4, -0.2) is 37.0 Å². The highest BCUT2D eigenvalue weighted by Crippen LogP contribution is 2.20. The monoisotopic (exact) mass is 356 g/mol. The van der Waals surface area contributed by atoms with Gasteiger partial charge in [-0.05, 0) is 72.9 Å². The lowest BCUT2D eigenvalue weighted by Gasteiger charge is -2.30. The van der Waals surface area contributed by atoms with Gasteiger partial charge < -0.3 is 10.2 Å². The molecule has 1 aliphatic rings. The van der Waals surface area contributed by atoms with Crippen molar-refractivity contribution in [2.75, 3.05) is 26.2 Å². The molecule has 3 nitrogen and oxygen atoms in total. The van der Waals surface area contributed by atoms with Crippen LogP contribution in [0.4, 0.5) is 4.39 Å². The third kappa shape index (κ3) is 4.78. The Morgan fingerprint density at radius 1 is 1.43 bits per heavy atom. The van der Waals surface area contributed by atoms with E-state index in [-0.39, 0.29) is 10.4 Å². The van der Waals surface area contributed by atoms with Gasteiger partial charge in [0, 0.05) is 6.54 Å². The van der Waals surface area contributed by atoms with E-state index in [4.69, 9.17) is 0 Å². The molecule has 0 aliphatic carbocycles. The Hall–Kier alpha value is -0.940. The van der Waals surface area contributed by atoms with Crippen LogP contribution >= 0.6 is 15.9 Å². The molecule has 1 heterocycles. The number of nitrogens with one attached hydrogen (secondary N) is 1. The van der Waals surface area contributed by atoms with Crippen LogP contribution in [0.15, 0.2) is 22.7 Å². The molecule has 1 saturated heterocycles. The van der Waals surface area contributed by atoms with Gasteiger partial charge in [-0.15, -0.1) is 0 Å². The molecule has 2 rings (SSSR count). The fourth-order valence-electron chi connectivity index (χ4n) is 2.56. The van der Waals surface area contributed by atoms with Crippen LogP contribution in [0.3, 0.4) is 0 Å². The molecule has 1 aromatic carbocycles. The van der Waals surface area contributed by atoms with Gasteiger partial charge in [-0.2, -0.15) is 0 Å². The Morgan fingerprint density at radius 2 is 2.14 bits per heavy atom. The lowest BCUT2D eigenvalue weighted by Crippen LogP contribution is -2.35. The van der Waals surface area contributed by atoms with Gasteiger partial charge in [0.15, 0.2) is 0 Å². The first-order valence-electron chi connectivity index (χ1n) is 7.52. The van der Waals surface area contributed by atoms with Crippen molar-refractivity contribution in [3.63, 3.8) is 0 Å². The molecule has 0 aromatic heterocycles. The molecule has 1 N–H and O–H groups in total. The van der Waals surface area contributed by atoms with Gasteiger partial charge in [0.25, 0.3) is 5.91 Å². The normalized spacial score (nSPS) is 16.9. The Bertz CT molecular complexity index is 487. The zero-order valence-corrected chi connectivity index (χ0v) is 14.0. The molecular weight excluding hydrogens is 335 g/mol. The predicted octanol–water partition coefficient (Wildman–Crippen LogP) is 3.44. The largest absolute Gasteiger partial charge is 0.352 e. The summed E-state index contributed by atoms with van der Waals surface area (Å²) in [5.74, 6) is 0.199. The van der Waals surface area contributed by atoms with Crippen LogP contribution < -0.4 is 5.32 Å². The molecule has 1 fully saturated rings. The van der Waals surface area contributed by atoms with E-state index in [0.717, 1.165) is 32.0 Å². The minimum Gasteiger partial charge on any atom is -0.352 e. The topological polar surface area (TPSA) is 32.3 Å². The molecule has 0 saturated carbocycles. The van der Waals surface area contributed by atoms with E-state index in [2.05, 4.69) is 33.1 Å². The molecule has 1 amide bonds. The zero-order valence-electron chi connectivity index (χ0n) is 12.4. The molecule has 0 atom stereocenters. The lowest BCUT2D eigenvalue weighted by atomic mass is 9.99. The summed E-state index contributed by atoms with van der Waals surface area (Å²) in [5.41, 5.74) is 0.349. The average Bonchev–Trinajstić information content (AvgIpc) is 2.48. The summed E-state index contributed by atoms with van der Waals surface area (Å²) in [6.07, 6.45) is 3.46. The van der Waals surface area contributed by atoms with Crippen molar-refractivity contribution in [1.82, 2.24) is 10.2 Å².